The van der Waals surface area contributed by atoms with Crippen LogP contribution in [0.25, 0.3) is 0 Å². The summed E-state index contributed by atoms with van der Waals surface area (Å²) in [5.41, 5.74) is 0.263. The van der Waals surface area contributed by atoms with Gasteiger partial charge in [0.15, 0.2) is 0 Å². The second-order valence-corrected chi connectivity index (χ2v) is 3.96. The van der Waals surface area contributed by atoms with E-state index < -0.39 is 0 Å². The zero-order chi connectivity index (χ0) is 11.4. The van der Waals surface area contributed by atoms with Crippen LogP contribution in [0.4, 0.5) is 0 Å². The Labute approximate surface area is 94.5 Å². The molecule has 0 amide bonds. The van der Waals surface area contributed by atoms with Crippen LogP contribution in [0.1, 0.15) is 18.5 Å². The average Bonchev–Trinajstić information content (AvgIpc) is 2.27. The molecular formula is C11H14N4O. The predicted octanol–water partition coefficient (Wildman–Crippen LogP) is 0.725. The first-order valence-electron chi connectivity index (χ1n) is 5.36. The summed E-state index contributed by atoms with van der Waals surface area (Å²) in [4.78, 5) is 7.92. The van der Waals surface area contributed by atoms with Gasteiger partial charge in [-0.1, -0.05) is 0 Å². The van der Waals surface area contributed by atoms with Gasteiger partial charge in [-0.2, -0.15) is 5.26 Å². The average molecular weight is 218 g/mol. The van der Waals surface area contributed by atoms with Crippen molar-refractivity contribution in [1.82, 2.24) is 15.3 Å². The van der Waals surface area contributed by atoms with Gasteiger partial charge in [-0.3, -0.25) is 0 Å². The molecule has 0 aliphatic heterocycles. The Morgan fingerprint density at radius 3 is 2.94 bits per heavy atom. The number of nitriles is 1. The van der Waals surface area contributed by atoms with E-state index in [1.54, 1.807) is 6.20 Å². The summed E-state index contributed by atoms with van der Waals surface area (Å²) in [6.45, 7) is 1.02. The summed E-state index contributed by atoms with van der Waals surface area (Å²) in [5.74, 6) is 1.04. The summed E-state index contributed by atoms with van der Waals surface area (Å²) in [6.07, 6.45) is 5.25. The molecule has 1 fully saturated rings. The van der Waals surface area contributed by atoms with Gasteiger partial charge in [0.2, 0.25) is 5.69 Å². The lowest BCUT2D eigenvalue weighted by atomic mass is 9.82. The van der Waals surface area contributed by atoms with E-state index in [1.165, 1.54) is 6.20 Å². The fourth-order valence-electron chi connectivity index (χ4n) is 1.87. The van der Waals surface area contributed by atoms with E-state index in [2.05, 4.69) is 15.3 Å². The van der Waals surface area contributed by atoms with Gasteiger partial charge in [-0.15, -0.1) is 0 Å². The third-order valence-electron chi connectivity index (χ3n) is 2.73. The highest BCUT2D eigenvalue weighted by molar-refractivity contribution is 5.30. The van der Waals surface area contributed by atoms with Crippen molar-refractivity contribution < 1.29 is 4.74 Å². The molecule has 5 heteroatoms. The SMILES string of the molecule is CNCC1CC(Oc2nccnc2C#N)C1. The van der Waals surface area contributed by atoms with Gasteiger partial charge in [0.05, 0.1) is 0 Å². The largest absolute Gasteiger partial charge is 0.472 e. The predicted molar refractivity (Wildman–Crippen MR) is 57.8 cm³/mol. The van der Waals surface area contributed by atoms with Gasteiger partial charge in [-0.25, -0.2) is 9.97 Å². The lowest BCUT2D eigenvalue weighted by Crippen LogP contribution is -2.39. The smallest absolute Gasteiger partial charge is 0.251 e. The molecule has 1 aromatic heterocycles. The number of rotatable bonds is 4. The topological polar surface area (TPSA) is 70.8 Å². The number of nitrogens with zero attached hydrogens (tertiary/aromatic N) is 3. The molecule has 1 aliphatic rings. The van der Waals surface area contributed by atoms with Crippen LogP contribution in [0.3, 0.4) is 0 Å². The molecule has 84 valence electrons. The van der Waals surface area contributed by atoms with Gasteiger partial charge in [0.1, 0.15) is 12.2 Å². The molecule has 1 aromatic rings. The van der Waals surface area contributed by atoms with Crippen LogP contribution in [-0.2, 0) is 0 Å². The van der Waals surface area contributed by atoms with Crippen molar-refractivity contribution in [3.63, 3.8) is 0 Å². The standard InChI is InChI=1S/C11H14N4O/c1-13-7-8-4-9(5-8)16-11-10(6-12)14-2-3-15-11/h2-3,8-9,13H,4-5,7H2,1H3. The number of hydrogen-bond acceptors (Lipinski definition) is 5. The van der Waals surface area contributed by atoms with Crippen molar-refractivity contribution in [3.05, 3.63) is 18.1 Å². The second kappa shape index (κ2) is 4.90. The van der Waals surface area contributed by atoms with Gasteiger partial charge >= 0.3 is 0 Å². The lowest BCUT2D eigenvalue weighted by molar-refractivity contribution is 0.0610. The van der Waals surface area contributed by atoms with E-state index in [9.17, 15) is 0 Å². The molecule has 0 aromatic carbocycles. The van der Waals surface area contributed by atoms with E-state index >= 15 is 0 Å². The Morgan fingerprint density at radius 2 is 2.25 bits per heavy atom. The zero-order valence-electron chi connectivity index (χ0n) is 9.18. The zero-order valence-corrected chi connectivity index (χ0v) is 9.18. The highest BCUT2D eigenvalue weighted by atomic mass is 16.5. The van der Waals surface area contributed by atoms with Crippen molar-refractivity contribution in [3.8, 4) is 11.9 Å². The van der Waals surface area contributed by atoms with Gasteiger partial charge < -0.3 is 10.1 Å². The maximum Gasteiger partial charge on any atom is 0.251 e. The summed E-state index contributed by atoms with van der Waals surface area (Å²) < 4.78 is 5.63. The van der Waals surface area contributed by atoms with Crippen LogP contribution in [0.15, 0.2) is 12.4 Å². The number of ether oxygens (including phenoxy) is 1. The van der Waals surface area contributed by atoms with Crippen LogP contribution in [-0.4, -0.2) is 29.7 Å². The lowest BCUT2D eigenvalue weighted by Gasteiger charge is -2.34. The number of nitrogens with one attached hydrogen (secondary N) is 1. The first kappa shape index (κ1) is 10.8. The molecule has 0 bridgehead atoms. The van der Waals surface area contributed by atoms with Crippen LogP contribution < -0.4 is 10.1 Å². The molecule has 1 saturated carbocycles. The van der Waals surface area contributed by atoms with Crippen LogP contribution in [0.2, 0.25) is 0 Å². The van der Waals surface area contributed by atoms with Crippen molar-refractivity contribution in [2.24, 2.45) is 5.92 Å². The van der Waals surface area contributed by atoms with E-state index in [-0.39, 0.29) is 11.8 Å². The van der Waals surface area contributed by atoms with Crippen LogP contribution in [0, 0.1) is 17.2 Å². The molecule has 2 rings (SSSR count). The number of aromatic nitrogens is 2. The van der Waals surface area contributed by atoms with Crippen molar-refractivity contribution in [2.45, 2.75) is 18.9 Å². The summed E-state index contributed by atoms with van der Waals surface area (Å²) in [6, 6.07) is 1.97. The molecule has 0 spiro atoms. The minimum atomic E-state index is 0.183. The molecule has 0 saturated heterocycles. The monoisotopic (exact) mass is 218 g/mol. The molecule has 0 unspecified atom stereocenters. The minimum Gasteiger partial charge on any atom is -0.472 e. The molecule has 5 nitrogen and oxygen atoms in total. The van der Waals surface area contributed by atoms with Crippen LogP contribution in [0.5, 0.6) is 5.88 Å². The normalized spacial score (nSPS) is 23.2. The quantitative estimate of drug-likeness (QED) is 0.806. The Morgan fingerprint density at radius 1 is 1.50 bits per heavy atom. The first-order valence-corrected chi connectivity index (χ1v) is 5.36. The maximum atomic E-state index is 8.82. The van der Waals surface area contributed by atoms with Crippen molar-refractivity contribution in [2.75, 3.05) is 13.6 Å². The van der Waals surface area contributed by atoms with Gasteiger partial charge in [-0.05, 0) is 32.4 Å². The van der Waals surface area contributed by atoms with E-state index in [4.69, 9.17) is 10.00 Å². The molecule has 0 atom stereocenters. The Kier molecular flexibility index (Phi) is 3.32. The third-order valence-corrected chi connectivity index (χ3v) is 2.73. The second-order valence-electron chi connectivity index (χ2n) is 3.96. The molecule has 1 heterocycles. The van der Waals surface area contributed by atoms with E-state index in [0.717, 1.165) is 19.4 Å². The van der Waals surface area contributed by atoms with Gasteiger partial charge in [0, 0.05) is 12.4 Å². The number of hydrogen-bond donors (Lipinski definition) is 1. The molecule has 16 heavy (non-hydrogen) atoms. The van der Waals surface area contributed by atoms with E-state index in [0.29, 0.717) is 11.8 Å². The molecule has 0 radical (unpaired) electrons. The summed E-state index contributed by atoms with van der Waals surface area (Å²) >= 11 is 0. The fourth-order valence-corrected chi connectivity index (χ4v) is 1.87. The molecule has 1 aliphatic carbocycles. The Balaban J connectivity index is 1.89. The third kappa shape index (κ3) is 2.28. The van der Waals surface area contributed by atoms with Crippen LogP contribution >= 0.6 is 0 Å². The summed E-state index contributed by atoms with van der Waals surface area (Å²) in [5, 5.41) is 12.0. The maximum absolute atomic E-state index is 8.82. The minimum absolute atomic E-state index is 0.183. The highest BCUT2D eigenvalue weighted by Crippen LogP contribution is 2.30. The van der Waals surface area contributed by atoms with Crippen molar-refractivity contribution >= 4 is 0 Å². The fraction of sp³-hybridized carbons (Fsp3) is 0.545. The Hall–Kier alpha value is -1.67. The van der Waals surface area contributed by atoms with Crippen molar-refractivity contribution in [1.29, 1.82) is 5.26 Å². The highest BCUT2D eigenvalue weighted by Gasteiger charge is 2.31. The first-order chi connectivity index (χ1) is 7.83. The molecular weight excluding hydrogens is 204 g/mol. The van der Waals surface area contributed by atoms with E-state index in [1.807, 2.05) is 13.1 Å². The van der Waals surface area contributed by atoms with Gasteiger partial charge in [0.25, 0.3) is 5.88 Å². The Bertz CT molecular complexity index is 395. The molecule has 1 N–H and O–H groups in total. The summed E-state index contributed by atoms with van der Waals surface area (Å²) in [7, 11) is 1.95.